The average molecular weight is 263 g/mol. The maximum Gasteiger partial charge on any atom is 0.263 e. The standard InChI is InChI=1S/C14H15F2N3/c1-3-7-19-9(2)18-12(14(19)17)10-5-4-6-11(8-10)13(15)16/h3-6,8,13H,1,7,17H2,2H3. The molecule has 0 saturated heterocycles. The van der Waals surface area contributed by atoms with Gasteiger partial charge in [-0.1, -0.05) is 24.3 Å². The molecular weight excluding hydrogens is 248 g/mol. The minimum absolute atomic E-state index is 0.0344. The largest absolute Gasteiger partial charge is 0.383 e. The molecule has 0 unspecified atom stereocenters. The van der Waals surface area contributed by atoms with Gasteiger partial charge in [0.25, 0.3) is 6.43 Å². The first-order chi connectivity index (χ1) is 9.04. The van der Waals surface area contributed by atoms with E-state index in [0.717, 1.165) is 5.82 Å². The number of allylic oxidation sites excluding steroid dienone is 1. The van der Waals surface area contributed by atoms with Gasteiger partial charge in [0.2, 0.25) is 0 Å². The Labute approximate surface area is 110 Å². The van der Waals surface area contributed by atoms with Gasteiger partial charge >= 0.3 is 0 Å². The van der Waals surface area contributed by atoms with Gasteiger partial charge in [-0.2, -0.15) is 0 Å². The monoisotopic (exact) mass is 263 g/mol. The van der Waals surface area contributed by atoms with Crippen LogP contribution in [0.3, 0.4) is 0 Å². The van der Waals surface area contributed by atoms with Gasteiger partial charge in [-0.15, -0.1) is 6.58 Å². The molecule has 0 aliphatic heterocycles. The first-order valence-electron chi connectivity index (χ1n) is 5.86. The summed E-state index contributed by atoms with van der Waals surface area (Å²) in [6, 6.07) is 6.11. The number of nitrogen functional groups attached to an aromatic ring is 1. The summed E-state index contributed by atoms with van der Waals surface area (Å²) >= 11 is 0. The Kier molecular flexibility index (Phi) is 3.64. The fourth-order valence-electron chi connectivity index (χ4n) is 1.98. The highest BCUT2D eigenvalue weighted by Gasteiger charge is 2.15. The Morgan fingerprint density at radius 2 is 2.21 bits per heavy atom. The molecule has 0 aliphatic rings. The van der Waals surface area contributed by atoms with Crippen molar-refractivity contribution in [3.8, 4) is 11.3 Å². The third-order valence-electron chi connectivity index (χ3n) is 2.92. The normalized spacial score (nSPS) is 10.9. The van der Waals surface area contributed by atoms with Crippen molar-refractivity contribution in [1.29, 1.82) is 0 Å². The summed E-state index contributed by atoms with van der Waals surface area (Å²) in [6.45, 7) is 6.01. The molecule has 1 aromatic heterocycles. The lowest BCUT2D eigenvalue weighted by atomic mass is 10.1. The minimum atomic E-state index is -2.50. The summed E-state index contributed by atoms with van der Waals surface area (Å²) in [4.78, 5) is 4.34. The van der Waals surface area contributed by atoms with Gasteiger partial charge in [-0.05, 0) is 13.0 Å². The lowest BCUT2D eigenvalue weighted by Gasteiger charge is -2.05. The number of benzene rings is 1. The van der Waals surface area contributed by atoms with Crippen molar-refractivity contribution in [3.63, 3.8) is 0 Å². The van der Waals surface area contributed by atoms with E-state index in [0.29, 0.717) is 23.6 Å². The van der Waals surface area contributed by atoms with Gasteiger partial charge in [0.1, 0.15) is 17.3 Å². The van der Waals surface area contributed by atoms with Gasteiger partial charge < -0.3 is 10.3 Å². The number of nitrogens with two attached hydrogens (primary N) is 1. The highest BCUT2D eigenvalue weighted by Crippen LogP contribution is 2.29. The lowest BCUT2D eigenvalue weighted by Crippen LogP contribution is -2.03. The smallest absolute Gasteiger partial charge is 0.263 e. The summed E-state index contributed by atoms with van der Waals surface area (Å²) in [7, 11) is 0. The van der Waals surface area contributed by atoms with Crippen LogP contribution in [0.5, 0.6) is 0 Å². The predicted octanol–water partition coefficient (Wildman–Crippen LogP) is 3.56. The zero-order chi connectivity index (χ0) is 14.0. The van der Waals surface area contributed by atoms with Gasteiger partial charge in [0.15, 0.2) is 0 Å². The van der Waals surface area contributed by atoms with E-state index in [4.69, 9.17) is 5.73 Å². The van der Waals surface area contributed by atoms with Crippen LogP contribution in [0.25, 0.3) is 11.3 Å². The summed E-state index contributed by atoms with van der Waals surface area (Å²) in [5, 5.41) is 0. The van der Waals surface area contributed by atoms with E-state index in [1.807, 2.05) is 6.92 Å². The second-order valence-electron chi connectivity index (χ2n) is 4.22. The fourth-order valence-corrected chi connectivity index (χ4v) is 1.98. The molecule has 0 saturated carbocycles. The van der Waals surface area contributed by atoms with Crippen LogP contribution in [0.1, 0.15) is 17.8 Å². The van der Waals surface area contributed by atoms with Crippen molar-refractivity contribution in [3.05, 3.63) is 48.3 Å². The van der Waals surface area contributed by atoms with Crippen LogP contribution < -0.4 is 5.73 Å². The number of rotatable bonds is 4. The van der Waals surface area contributed by atoms with Crippen molar-refractivity contribution in [2.45, 2.75) is 19.9 Å². The number of halogens is 2. The maximum atomic E-state index is 12.7. The highest BCUT2D eigenvalue weighted by molar-refractivity contribution is 5.71. The molecule has 1 aromatic carbocycles. The van der Waals surface area contributed by atoms with E-state index in [9.17, 15) is 8.78 Å². The molecule has 0 bridgehead atoms. The molecule has 19 heavy (non-hydrogen) atoms. The first kappa shape index (κ1) is 13.3. The van der Waals surface area contributed by atoms with Crippen LogP contribution in [0, 0.1) is 6.92 Å². The molecule has 0 spiro atoms. The molecule has 0 radical (unpaired) electrons. The van der Waals surface area contributed by atoms with Crippen LogP contribution in [0.2, 0.25) is 0 Å². The van der Waals surface area contributed by atoms with E-state index in [2.05, 4.69) is 11.6 Å². The number of aryl methyl sites for hydroxylation is 1. The van der Waals surface area contributed by atoms with Crippen molar-refractivity contribution in [2.75, 3.05) is 5.73 Å². The molecule has 0 aliphatic carbocycles. The minimum Gasteiger partial charge on any atom is -0.383 e. The SMILES string of the molecule is C=CCn1c(C)nc(-c2cccc(C(F)F)c2)c1N. The molecule has 2 N–H and O–H groups in total. The van der Waals surface area contributed by atoms with E-state index >= 15 is 0 Å². The Balaban J connectivity index is 2.50. The van der Waals surface area contributed by atoms with E-state index in [1.165, 1.54) is 12.1 Å². The second-order valence-corrected chi connectivity index (χ2v) is 4.22. The van der Waals surface area contributed by atoms with Crippen LogP contribution in [0.4, 0.5) is 14.6 Å². The average Bonchev–Trinajstić information content (AvgIpc) is 2.67. The molecule has 2 rings (SSSR count). The zero-order valence-corrected chi connectivity index (χ0v) is 10.6. The van der Waals surface area contributed by atoms with Crippen molar-refractivity contribution >= 4 is 5.82 Å². The van der Waals surface area contributed by atoms with Gasteiger partial charge in [-0.25, -0.2) is 13.8 Å². The Morgan fingerprint density at radius 1 is 1.47 bits per heavy atom. The topological polar surface area (TPSA) is 43.8 Å². The van der Waals surface area contributed by atoms with Crippen LogP contribution >= 0.6 is 0 Å². The van der Waals surface area contributed by atoms with Gasteiger partial charge in [0, 0.05) is 17.7 Å². The number of imidazole rings is 1. The zero-order valence-electron chi connectivity index (χ0n) is 10.6. The maximum absolute atomic E-state index is 12.7. The third kappa shape index (κ3) is 2.50. The van der Waals surface area contributed by atoms with Crippen molar-refractivity contribution < 1.29 is 8.78 Å². The molecule has 0 atom stereocenters. The first-order valence-corrected chi connectivity index (χ1v) is 5.86. The van der Waals surface area contributed by atoms with E-state index in [-0.39, 0.29) is 5.56 Å². The second kappa shape index (κ2) is 5.22. The van der Waals surface area contributed by atoms with E-state index < -0.39 is 6.43 Å². The lowest BCUT2D eigenvalue weighted by molar-refractivity contribution is 0.151. The number of alkyl halides is 2. The number of aromatic nitrogens is 2. The molecule has 100 valence electrons. The number of nitrogens with zero attached hydrogens (tertiary/aromatic N) is 2. The van der Waals surface area contributed by atoms with E-state index in [1.54, 1.807) is 22.8 Å². The molecule has 0 fully saturated rings. The fraction of sp³-hybridized carbons (Fsp3) is 0.214. The number of anilines is 1. The molecule has 3 nitrogen and oxygen atoms in total. The van der Waals surface area contributed by atoms with Crippen LogP contribution in [0.15, 0.2) is 36.9 Å². The summed E-state index contributed by atoms with van der Waals surface area (Å²) in [5.41, 5.74) is 7.11. The van der Waals surface area contributed by atoms with Gasteiger partial charge in [-0.3, -0.25) is 0 Å². The Hall–Kier alpha value is -2.17. The number of hydrogen-bond acceptors (Lipinski definition) is 2. The number of hydrogen-bond donors (Lipinski definition) is 1. The van der Waals surface area contributed by atoms with Crippen LogP contribution in [-0.4, -0.2) is 9.55 Å². The Bertz CT molecular complexity index is 603. The molecule has 2 aromatic rings. The molecular formula is C14H15F2N3. The van der Waals surface area contributed by atoms with Gasteiger partial charge in [0.05, 0.1) is 0 Å². The molecule has 0 amide bonds. The third-order valence-corrected chi connectivity index (χ3v) is 2.92. The molecule has 5 heteroatoms. The summed E-state index contributed by atoms with van der Waals surface area (Å²) in [5.74, 6) is 1.19. The summed E-state index contributed by atoms with van der Waals surface area (Å²) < 4.78 is 27.2. The predicted molar refractivity (Wildman–Crippen MR) is 72.0 cm³/mol. The quantitative estimate of drug-likeness (QED) is 0.857. The highest BCUT2D eigenvalue weighted by atomic mass is 19.3. The van der Waals surface area contributed by atoms with Crippen LogP contribution in [-0.2, 0) is 6.54 Å². The Morgan fingerprint density at radius 3 is 2.84 bits per heavy atom. The van der Waals surface area contributed by atoms with Crippen molar-refractivity contribution in [2.24, 2.45) is 0 Å². The molecule has 1 heterocycles. The summed E-state index contributed by atoms with van der Waals surface area (Å²) in [6.07, 6.45) is -0.790. The van der Waals surface area contributed by atoms with Crippen molar-refractivity contribution in [1.82, 2.24) is 9.55 Å².